The summed E-state index contributed by atoms with van der Waals surface area (Å²) in [6, 6.07) is 0. The molecule has 16 heavy (non-hydrogen) atoms. The molecule has 2 unspecified atom stereocenters. The first kappa shape index (κ1) is 11.9. The molecular formula is C13H23NO2. The summed E-state index contributed by atoms with van der Waals surface area (Å²) in [5.41, 5.74) is -0.385. The third-order valence-corrected chi connectivity index (χ3v) is 4.66. The van der Waals surface area contributed by atoms with E-state index in [4.69, 9.17) is 0 Å². The van der Waals surface area contributed by atoms with Crippen LogP contribution in [-0.4, -0.2) is 23.2 Å². The topological polar surface area (TPSA) is 49.3 Å². The number of aliphatic hydroxyl groups excluding tert-OH is 1. The molecule has 0 aromatic rings. The van der Waals surface area contributed by atoms with Crippen molar-refractivity contribution in [1.29, 1.82) is 0 Å². The van der Waals surface area contributed by atoms with Crippen molar-refractivity contribution in [2.45, 2.75) is 51.5 Å². The zero-order valence-electron chi connectivity index (χ0n) is 10.3. The molecule has 2 N–H and O–H groups in total. The number of aliphatic hydroxyl groups is 1. The predicted octanol–water partition coefficient (Wildman–Crippen LogP) is 1.70. The molecule has 3 heteroatoms. The van der Waals surface area contributed by atoms with Crippen LogP contribution >= 0.6 is 0 Å². The quantitative estimate of drug-likeness (QED) is 0.748. The van der Waals surface area contributed by atoms with Gasteiger partial charge in [0.15, 0.2) is 0 Å². The lowest BCUT2D eigenvalue weighted by atomic mass is 9.92. The smallest absolute Gasteiger partial charge is 0.223 e. The maximum absolute atomic E-state index is 12.1. The molecule has 2 rings (SSSR count). The molecule has 0 bridgehead atoms. The fourth-order valence-electron chi connectivity index (χ4n) is 2.98. The highest BCUT2D eigenvalue weighted by atomic mass is 16.3. The Balaban J connectivity index is 1.89. The molecule has 0 aromatic carbocycles. The second kappa shape index (κ2) is 4.36. The van der Waals surface area contributed by atoms with Crippen LogP contribution in [0.25, 0.3) is 0 Å². The lowest BCUT2D eigenvalue weighted by Gasteiger charge is -2.32. The molecule has 2 fully saturated rings. The normalized spacial score (nSPS) is 32.3. The van der Waals surface area contributed by atoms with E-state index >= 15 is 0 Å². The molecule has 92 valence electrons. The van der Waals surface area contributed by atoms with Gasteiger partial charge in [0.1, 0.15) is 0 Å². The summed E-state index contributed by atoms with van der Waals surface area (Å²) in [6.07, 6.45) is 5.09. The van der Waals surface area contributed by atoms with Crippen LogP contribution in [-0.2, 0) is 4.79 Å². The Morgan fingerprint density at radius 1 is 1.25 bits per heavy atom. The average molecular weight is 225 g/mol. The van der Waals surface area contributed by atoms with Crippen molar-refractivity contribution >= 4 is 5.91 Å². The third-order valence-electron chi connectivity index (χ3n) is 4.66. The number of hydrogen-bond acceptors (Lipinski definition) is 2. The largest absolute Gasteiger partial charge is 0.394 e. The van der Waals surface area contributed by atoms with Crippen molar-refractivity contribution in [1.82, 2.24) is 5.32 Å². The van der Waals surface area contributed by atoms with E-state index in [2.05, 4.69) is 5.32 Å². The number of carbonyl (C=O) groups is 1. The number of fused-ring (bicyclic) bond motifs is 1. The lowest BCUT2D eigenvalue weighted by Crippen LogP contribution is -2.52. The molecule has 2 aliphatic rings. The second-order valence-corrected chi connectivity index (χ2v) is 5.56. The van der Waals surface area contributed by atoms with Crippen molar-refractivity contribution in [3.05, 3.63) is 0 Å². The molecule has 0 saturated heterocycles. The molecule has 0 aliphatic heterocycles. The fourth-order valence-corrected chi connectivity index (χ4v) is 2.98. The summed E-state index contributed by atoms with van der Waals surface area (Å²) >= 11 is 0. The standard InChI is InChI=1S/C13H23NO2/c1-3-13(4-2,8-15)14-12(16)11-6-9-5-10(9)7-11/h9-11,15H,3-8H2,1-2H3,(H,14,16). The first-order valence-electron chi connectivity index (χ1n) is 6.57. The predicted molar refractivity (Wildman–Crippen MR) is 62.9 cm³/mol. The summed E-state index contributed by atoms with van der Waals surface area (Å²) in [7, 11) is 0. The SMILES string of the molecule is CCC(CC)(CO)NC(=O)C1CC2CC2C1. The molecule has 2 aliphatic carbocycles. The van der Waals surface area contributed by atoms with Crippen LogP contribution < -0.4 is 5.32 Å². The summed E-state index contributed by atoms with van der Waals surface area (Å²) in [6.45, 7) is 4.09. The van der Waals surface area contributed by atoms with E-state index in [1.165, 1.54) is 6.42 Å². The van der Waals surface area contributed by atoms with E-state index in [-0.39, 0.29) is 24.0 Å². The maximum Gasteiger partial charge on any atom is 0.223 e. The number of hydrogen-bond donors (Lipinski definition) is 2. The molecule has 0 radical (unpaired) electrons. The van der Waals surface area contributed by atoms with Gasteiger partial charge in [-0.3, -0.25) is 4.79 Å². The van der Waals surface area contributed by atoms with Gasteiger partial charge in [0, 0.05) is 5.92 Å². The van der Waals surface area contributed by atoms with Gasteiger partial charge in [-0.2, -0.15) is 0 Å². The van der Waals surface area contributed by atoms with Crippen molar-refractivity contribution in [2.24, 2.45) is 17.8 Å². The summed E-state index contributed by atoms with van der Waals surface area (Å²) in [4.78, 5) is 12.1. The molecule has 2 atom stereocenters. The van der Waals surface area contributed by atoms with Crippen LogP contribution in [0, 0.1) is 17.8 Å². The minimum Gasteiger partial charge on any atom is -0.394 e. The first-order chi connectivity index (χ1) is 7.64. The van der Waals surface area contributed by atoms with Crippen LogP contribution in [0.15, 0.2) is 0 Å². The highest BCUT2D eigenvalue weighted by molar-refractivity contribution is 5.80. The molecule has 0 heterocycles. The van der Waals surface area contributed by atoms with Gasteiger partial charge in [-0.15, -0.1) is 0 Å². The molecule has 0 aromatic heterocycles. The summed E-state index contributed by atoms with van der Waals surface area (Å²) < 4.78 is 0. The van der Waals surface area contributed by atoms with E-state index in [1.54, 1.807) is 0 Å². The van der Waals surface area contributed by atoms with E-state index in [1.807, 2.05) is 13.8 Å². The average Bonchev–Trinajstić information content (AvgIpc) is 2.93. The van der Waals surface area contributed by atoms with Crippen LogP contribution in [0.3, 0.4) is 0 Å². The zero-order valence-corrected chi connectivity index (χ0v) is 10.3. The second-order valence-electron chi connectivity index (χ2n) is 5.56. The highest BCUT2D eigenvalue weighted by Crippen LogP contribution is 2.54. The van der Waals surface area contributed by atoms with E-state index in [0.29, 0.717) is 0 Å². The Kier molecular flexibility index (Phi) is 3.24. The lowest BCUT2D eigenvalue weighted by molar-refractivity contribution is -0.127. The molecular weight excluding hydrogens is 202 g/mol. The third kappa shape index (κ3) is 2.10. The van der Waals surface area contributed by atoms with Crippen molar-refractivity contribution in [3.8, 4) is 0 Å². The van der Waals surface area contributed by atoms with E-state index in [9.17, 15) is 9.90 Å². The Morgan fingerprint density at radius 2 is 1.81 bits per heavy atom. The zero-order chi connectivity index (χ0) is 11.8. The van der Waals surface area contributed by atoms with Gasteiger partial charge in [0.2, 0.25) is 5.91 Å². The Morgan fingerprint density at radius 3 is 2.25 bits per heavy atom. The van der Waals surface area contributed by atoms with Crippen LogP contribution in [0.2, 0.25) is 0 Å². The number of nitrogens with one attached hydrogen (secondary N) is 1. The van der Waals surface area contributed by atoms with Crippen molar-refractivity contribution in [2.75, 3.05) is 6.61 Å². The minimum absolute atomic E-state index is 0.0469. The number of amides is 1. The van der Waals surface area contributed by atoms with Crippen molar-refractivity contribution < 1.29 is 9.90 Å². The number of rotatable bonds is 5. The Hall–Kier alpha value is -0.570. The summed E-state index contributed by atoms with van der Waals surface area (Å²) in [5.74, 6) is 2.06. The molecule has 3 nitrogen and oxygen atoms in total. The molecule has 1 amide bonds. The maximum atomic E-state index is 12.1. The first-order valence-corrected chi connectivity index (χ1v) is 6.57. The number of carbonyl (C=O) groups excluding carboxylic acids is 1. The fraction of sp³-hybridized carbons (Fsp3) is 0.923. The van der Waals surface area contributed by atoms with Crippen molar-refractivity contribution in [3.63, 3.8) is 0 Å². The molecule has 2 saturated carbocycles. The van der Waals surface area contributed by atoms with Gasteiger partial charge >= 0.3 is 0 Å². The Bertz CT molecular complexity index is 255. The summed E-state index contributed by atoms with van der Waals surface area (Å²) in [5, 5.41) is 12.5. The monoisotopic (exact) mass is 225 g/mol. The van der Waals surface area contributed by atoms with Gasteiger partial charge < -0.3 is 10.4 Å². The van der Waals surface area contributed by atoms with Gasteiger partial charge in [-0.25, -0.2) is 0 Å². The van der Waals surface area contributed by atoms with Gasteiger partial charge in [0.25, 0.3) is 0 Å². The van der Waals surface area contributed by atoms with Crippen LogP contribution in [0.4, 0.5) is 0 Å². The van der Waals surface area contributed by atoms with Crippen LogP contribution in [0.1, 0.15) is 46.0 Å². The van der Waals surface area contributed by atoms with E-state index < -0.39 is 0 Å². The van der Waals surface area contributed by atoms with Crippen LogP contribution in [0.5, 0.6) is 0 Å². The Labute approximate surface area is 97.6 Å². The van der Waals surface area contributed by atoms with Gasteiger partial charge in [-0.1, -0.05) is 13.8 Å². The van der Waals surface area contributed by atoms with E-state index in [0.717, 1.165) is 37.5 Å². The minimum atomic E-state index is -0.385. The van der Waals surface area contributed by atoms with Gasteiger partial charge in [-0.05, 0) is 43.9 Å². The highest BCUT2D eigenvalue weighted by Gasteiger charge is 2.48. The van der Waals surface area contributed by atoms with Gasteiger partial charge in [0.05, 0.1) is 12.1 Å². The molecule has 0 spiro atoms.